The van der Waals surface area contributed by atoms with Crippen LogP contribution in [-0.4, -0.2) is 5.78 Å². The number of ketones is 1. The summed E-state index contributed by atoms with van der Waals surface area (Å²) in [6.45, 7) is 20.7. The zero-order valence-corrected chi connectivity index (χ0v) is 22.0. The first kappa shape index (κ1) is 22.5. The Kier molecular flexibility index (Phi) is 4.65. The summed E-state index contributed by atoms with van der Waals surface area (Å²) >= 11 is 0. The van der Waals surface area contributed by atoms with Crippen LogP contribution in [0.3, 0.4) is 0 Å². The van der Waals surface area contributed by atoms with E-state index >= 15 is 0 Å². The normalized spacial score (nSPS) is 58.5. The highest BCUT2D eigenvalue weighted by atomic mass is 16.1. The fourth-order valence-electron chi connectivity index (χ4n) is 11.2. The molecular weight excluding hydrogens is 376 g/mol. The molecule has 0 saturated heterocycles. The molecule has 0 radical (unpaired) electrons. The van der Waals surface area contributed by atoms with Gasteiger partial charge in [-0.15, -0.1) is 0 Å². The molecule has 1 unspecified atom stereocenters. The summed E-state index contributed by atoms with van der Waals surface area (Å²) in [5.41, 5.74) is 2.67. The third kappa shape index (κ3) is 2.70. The molecule has 0 aromatic heterocycles. The van der Waals surface area contributed by atoms with Crippen molar-refractivity contribution < 1.29 is 4.79 Å². The summed E-state index contributed by atoms with van der Waals surface area (Å²) in [5.74, 6) is 3.27. The summed E-state index contributed by atoms with van der Waals surface area (Å²) in [6, 6.07) is 0. The van der Waals surface area contributed by atoms with Crippen molar-refractivity contribution in [1.29, 1.82) is 0 Å². The number of fused-ring (bicyclic) bond motifs is 7. The lowest BCUT2D eigenvalue weighted by molar-refractivity contribution is -0.256. The Balaban J connectivity index is 1.55. The van der Waals surface area contributed by atoms with Gasteiger partial charge in [-0.25, -0.2) is 0 Å². The predicted octanol–water partition coefficient (Wildman–Crippen LogP) is 8.46. The minimum Gasteiger partial charge on any atom is -0.299 e. The Morgan fingerprint density at radius 1 is 0.645 bits per heavy atom. The van der Waals surface area contributed by atoms with E-state index in [-0.39, 0.29) is 11.3 Å². The standard InChI is InChI=1S/C30H50O/c1-20-21(31)9-10-22-27(20,5)12-11-23-28(22,6)16-18-30(8)24-19-25(2,3)13-14-26(24,4)15-17-29(23,30)7/h20,22-24H,9-19H2,1-8H3/t20-,22+,23-,24+,26+,27+,28-,29?,30-/m0/s1. The molecule has 5 fully saturated rings. The maximum atomic E-state index is 12.7. The van der Waals surface area contributed by atoms with Crippen LogP contribution in [0.2, 0.25) is 0 Å². The summed E-state index contributed by atoms with van der Waals surface area (Å²) in [7, 11) is 0. The zero-order chi connectivity index (χ0) is 22.7. The molecule has 5 rings (SSSR count). The number of carbonyl (C=O) groups excluding carboxylic acids is 1. The van der Waals surface area contributed by atoms with Gasteiger partial charge in [-0.3, -0.25) is 4.79 Å². The van der Waals surface area contributed by atoms with Gasteiger partial charge in [-0.05, 0) is 114 Å². The van der Waals surface area contributed by atoms with Gasteiger partial charge in [-0.1, -0.05) is 55.4 Å². The molecule has 5 aliphatic carbocycles. The van der Waals surface area contributed by atoms with Crippen molar-refractivity contribution in [2.75, 3.05) is 0 Å². The van der Waals surface area contributed by atoms with E-state index in [1.54, 1.807) is 0 Å². The van der Waals surface area contributed by atoms with Gasteiger partial charge in [0, 0.05) is 12.3 Å². The number of hydrogen-bond donors (Lipinski definition) is 0. The predicted molar refractivity (Wildman–Crippen MR) is 130 cm³/mol. The SMILES string of the molecule is C[C@H]1C(=O)CC[C@H]2[C@]3(C)CC[C@@]4(C)[C@@H]5CC(C)(C)CC[C@]5(C)CCC4(C)[C@H]3CC[C@@]21C. The Morgan fingerprint density at radius 3 is 1.97 bits per heavy atom. The second-order valence-corrected chi connectivity index (χ2v) is 15.3. The summed E-state index contributed by atoms with van der Waals surface area (Å²) < 4.78 is 0. The van der Waals surface area contributed by atoms with Crippen LogP contribution in [0.1, 0.15) is 126 Å². The van der Waals surface area contributed by atoms with Crippen LogP contribution in [0.5, 0.6) is 0 Å². The highest BCUT2D eigenvalue weighted by molar-refractivity contribution is 5.82. The van der Waals surface area contributed by atoms with Crippen LogP contribution in [0.15, 0.2) is 0 Å². The van der Waals surface area contributed by atoms with Crippen molar-refractivity contribution in [2.45, 2.75) is 126 Å². The van der Waals surface area contributed by atoms with Gasteiger partial charge in [0.1, 0.15) is 5.78 Å². The fourth-order valence-corrected chi connectivity index (χ4v) is 11.2. The highest BCUT2D eigenvalue weighted by Gasteiger charge is 2.70. The Morgan fingerprint density at radius 2 is 1.26 bits per heavy atom. The van der Waals surface area contributed by atoms with Crippen molar-refractivity contribution >= 4 is 5.78 Å². The minimum absolute atomic E-state index is 0.237. The molecule has 5 aliphatic rings. The highest BCUT2D eigenvalue weighted by Crippen LogP contribution is 2.78. The molecule has 0 heterocycles. The fraction of sp³-hybridized carbons (Fsp3) is 0.967. The molecule has 0 aliphatic heterocycles. The Bertz CT molecular complexity index is 781. The second kappa shape index (κ2) is 6.41. The molecule has 0 N–H and O–H groups in total. The van der Waals surface area contributed by atoms with Crippen molar-refractivity contribution in [3.05, 3.63) is 0 Å². The summed E-state index contributed by atoms with van der Waals surface area (Å²) in [4.78, 5) is 12.7. The second-order valence-electron chi connectivity index (χ2n) is 15.3. The van der Waals surface area contributed by atoms with Gasteiger partial charge >= 0.3 is 0 Å². The quantitative estimate of drug-likeness (QED) is 0.379. The number of carbonyl (C=O) groups is 1. The molecule has 5 saturated carbocycles. The first-order chi connectivity index (χ1) is 14.2. The smallest absolute Gasteiger partial charge is 0.136 e. The molecule has 0 aromatic rings. The van der Waals surface area contributed by atoms with Gasteiger partial charge < -0.3 is 0 Å². The first-order valence-electron chi connectivity index (χ1n) is 13.7. The van der Waals surface area contributed by atoms with E-state index in [1.165, 1.54) is 57.8 Å². The molecule has 0 bridgehead atoms. The third-order valence-corrected chi connectivity index (χ3v) is 13.7. The van der Waals surface area contributed by atoms with Crippen LogP contribution in [0.4, 0.5) is 0 Å². The molecule has 1 heteroatoms. The number of Topliss-reactive ketones (excluding diaryl/α,β-unsaturated/α-hetero) is 1. The van der Waals surface area contributed by atoms with E-state index in [0.29, 0.717) is 32.9 Å². The Labute approximate surface area is 192 Å². The summed E-state index contributed by atoms with van der Waals surface area (Å²) in [6.07, 6.45) is 14.6. The lowest BCUT2D eigenvalue weighted by atomic mass is 9.30. The maximum Gasteiger partial charge on any atom is 0.136 e. The van der Waals surface area contributed by atoms with Crippen LogP contribution >= 0.6 is 0 Å². The molecular formula is C30H50O. The van der Waals surface area contributed by atoms with E-state index < -0.39 is 0 Å². The monoisotopic (exact) mass is 426 g/mol. The third-order valence-electron chi connectivity index (χ3n) is 13.7. The largest absolute Gasteiger partial charge is 0.299 e. The lowest BCUT2D eigenvalue weighted by Crippen LogP contribution is -2.67. The topological polar surface area (TPSA) is 17.1 Å². The summed E-state index contributed by atoms with van der Waals surface area (Å²) in [5, 5.41) is 0. The van der Waals surface area contributed by atoms with E-state index in [1.807, 2.05) is 0 Å². The van der Waals surface area contributed by atoms with Crippen LogP contribution < -0.4 is 0 Å². The van der Waals surface area contributed by atoms with Crippen molar-refractivity contribution in [3.8, 4) is 0 Å². The lowest BCUT2D eigenvalue weighted by Gasteiger charge is -2.74. The van der Waals surface area contributed by atoms with Crippen LogP contribution in [0.25, 0.3) is 0 Å². The maximum absolute atomic E-state index is 12.7. The van der Waals surface area contributed by atoms with Gasteiger partial charge in [0.2, 0.25) is 0 Å². The molecule has 0 spiro atoms. The molecule has 0 aromatic carbocycles. The van der Waals surface area contributed by atoms with Crippen molar-refractivity contribution in [2.24, 2.45) is 56.2 Å². The van der Waals surface area contributed by atoms with Gasteiger partial charge in [0.05, 0.1) is 0 Å². The molecule has 31 heavy (non-hydrogen) atoms. The van der Waals surface area contributed by atoms with E-state index in [0.717, 1.165) is 30.6 Å². The van der Waals surface area contributed by atoms with Gasteiger partial charge in [0.25, 0.3) is 0 Å². The number of rotatable bonds is 0. The van der Waals surface area contributed by atoms with E-state index in [4.69, 9.17) is 0 Å². The number of hydrogen-bond acceptors (Lipinski definition) is 1. The van der Waals surface area contributed by atoms with Crippen LogP contribution in [-0.2, 0) is 4.79 Å². The molecule has 1 nitrogen and oxygen atoms in total. The Hall–Kier alpha value is -0.330. The molecule has 9 atom stereocenters. The van der Waals surface area contributed by atoms with Gasteiger partial charge in [-0.2, -0.15) is 0 Å². The van der Waals surface area contributed by atoms with E-state index in [2.05, 4.69) is 55.4 Å². The first-order valence-corrected chi connectivity index (χ1v) is 13.7. The molecule has 0 amide bonds. The van der Waals surface area contributed by atoms with Crippen LogP contribution in [0, 0.1) is 56.2 Å². The average molecular weight is 427 g/mol. The average Bonchev–Trinajstić information content (AvgIpc) is 2.69. The minimum atomic E-state index is 0.237. The van der Waals surface area contributed by atoms with E-state index in [9.17, 15) is 4.79 Å². The van der Waals surface area contributed by atoms with Crippen molar-refractivity contribution in [3.63, 3.8) is 0 Å². The van der Waals surface area contributed by atoms with Crippen molar-refractivity contribution in [1.82, 2.24) is 0 Å². The van der Waals surface area contributed by atoms with Gasteiger partial charge in [0.15, 0.2) is 0 Å². The zero-order valence-electron chi connectivity index (χ0n) is 22.0. The molecule has 176 valence electrons.